The van der Waals surface area contributed by atoms with Gasteiger partial charge in [-0.2, -0.15) is 0 Å². The molecule has 1 amide bonds. The van der Waals surface area contributed by atoms with Gasteiger partial charge in [0.15, 0.2) is 5.78 Å². The van der Waals surface area contributed by atoms with E-state index in [1.165, 1.54) is 0 Å². The van der Waals surface area contributed by atoms with E-state index in [2.05, 4.69) is 0 Å². The van der Waals surface area contributed by atoms with E-state index in [-0.39, 0.29) is 24.0 Å². The fourth-order valence-corrected chi connectivity index (χ4v) is 6.39. The van der Waals surface area contributed by atoms with Gasteiger partial charge in [0.25, 0.3) is 0 Å². The molecule has 0 unspecified atom stereocenters. The fourth-order valence-electron chi connectivity index (χ4n) is 6.39. The van der Waals surface area contributed by atoms with Crippen LogP contribution in [-0.4, -0.2) is 25.4 Å². The smallest absolute Gasteiger partial charge is 0.238 e. The molecule has 2 aliphatic carbocycles. The number of ketones is 1. The van der Waals surface area contributed by atoms with Crippen molar-refractivity contribution in [1.29, 1.82) is 0 Å². The molecule has 0 aromatic heterocycles. The lowest BCUT2D eigenvalue weighted by Gasteiger charge is -2.45. The summed E-state index contributed by atoms with van der Waals surface area (Å²) < 4.78 is 15.1. The summed E-state index contributed by atoms with van der Waals surface area (Å²) in [5, 5.41) is 0. The second-order valence-electron chi connectivity index (χ2n) is 9.59. The van der Waals surface area contributed by atoms with E-state index < -0.39 is 17.5 Å². The summed E-state index contributed by atoms with van der Waals surface area (Å²) in [5.74, 6) is -0.608. The van der Waals surface area contributed by atoms with E-state index in [4.69, 9.17) is 0 Å². The van der Waals surface area contributed by atoms with Gasteiger partial charge in [-0.05, 0) is 47.2 Å². The lowest BCUT2D eigenvalue weighted by atomic mass is 9.54. The maximum absolute atomic E-state index is 15.1. The molecule has 0 saturated heterocycles. The lowest BCUT2D eigenvalue weighted by molar-refractivity contribution is -0.124. The standard InChI is InChI=1S/C29H24FNO2/c1-18-12-13-22-25(14-18)31(2)27(33)29(22)16-28(17-30)24(15-23(29)19-8-4-3-5-9-19)20-10-6-7-11-21(20)26(28)32/h3-15,23H,16-17H2,1-2H3/t23-,28-,29+/m1/s1. The number of hydrogen-bond donors (Lipinski definition) is 0. The van der Waals surface area contributed by atoms with Crippen molar-refractivity contribution < 1.29 is 14.0 Å². The number of halogens is 1. The first kappa shape index (κ1) is 20.1. The summed E-state index contributed by atoms with van der Waals surface area (Å²) in [6.45, 7) is 1.17. The molecule has 3 aliphatic rings. The summed E-state index contributed by atoms with van der Waals surface area (Å²) in [6.07, 6.45) is 2.14. The highest BCUT2D eigenvalue weighted by atomic mass is 19.1. The maximum atomic E-state index is 15.1. The number of likely N-dealkylation sites (N-methyl/N-ethyl adjacent to an activating group) is 1. The molecular formula is C29H24FNO2. The molecular weight excluding hydrogens is 413 g/mol. The topological polar surface area (TPSA) is 37.4 Å². The highest BCUT2D eigenvalue weighted by Gasteiger charge is 2.65. The minimum Gasteiger partial charge on any atom is -0.314 e. The number of allylic oxidation sites excluding steroid dienone is 2. The number of hydrogen-bond acceptors (Lipinski definition) is 2. The van der Waals surface area contributed by atoms with Crippen LogP contribution in [0.3, 0.4) is 0 Å². The van der Waals surface area contributed by atoms with Crippen LogP contribution in [0.4, 0.5) is 10.1 Å². The van der Waals surface area contributed by atoms with E-state index in [0.29, 0.717) is 5.56 Å². The summed E-state index contributed by atoms with van der Waals surface area (Å²) in [5.41, 5.74) is 3.43. The van der Waals surface area contributed by atoms with Crippen molar-refractivity contribution in [1.82, 2.24) is 0 Å². The van der Waals surface area contributed by atoms with Crippen molar-refractivity contribution in [2.75, 3.05) is 18.6 Å². The van der Waals surface area contributed by atoms with Crippen LogP contribution in [0.5, 0.6) is 0 Å². The van der Waals surface area contributed by atoms with Crippen molar-refractivity contribution >= 4 is 23.0 Å². The monoisotopic (exact) mass is 437 g/mol. The molecule has 3 aromatic carbocycles. The fraction of sp³-hybridized carbons (Fsp3) is 0.241. The molecule has 0 N–H and O–H groups in total. The summed E-state index contributed by atoms with van der Waals surface area (Å²) in [7, 11) is 1.78. The number of amides is 1. The molecule has 6 rings (SSSR count). The Labute approximate surface area is 192 Å². The van der Waals surface area contributed by atoms with Crippen LogP contribution in [-0.2, 0) is 10.2 Å². The van der Waals surface area contributed by atoms with Gasteiger partial charge < -0.3 is 4.90 Å². The van der Waals surface area contributed by atoms with Gasteiger partial charge in [-0.1, -0.05) is 72.8 Å². The SMILES string of the molecule is Cc1ccc2c(c1)N(C)C(=O)[C@@]21C[C@]2(CF)C(=O)c3ccccc3C2=C[C@@H]1c1ccccc1. The Hall–Kier alpha value is -3.53. The van der Waals surface area contributed by atoms with Crippen LogP contribution in [0.1, 0.15) is 45.0 Å². The first-order valence-corrected chi connectivity index (χ1v) is 11.3. The number of alkyl halides is 1. The van der Waals surface area contributed by atoms with Gasteiger partial charge in [-0.25, -0.2) is 4.39 Å². The number of aryl methyl sites for hydroxylation is 1. The second-order valence-corrected chi connectivity index (χ2v) is 9.59. The van der Waals surface area contributed by atoms with Crippen molar-refractivity contribution in [3.8, 4) is 0 Å². The largest absolute Gasteiger partial charge is 0.314 e. The van der Waals surface area contributed by atoms with Crippen LogP contribution in [0, 0.1) is 12.3 Å². The van der Waals surface area contributed by atoms with Crippen LogP contribution in [0.2, 0.25) is 0 Å². The second kappa shape index (κ2) is 6.74. The minimum absolute atomic E-state index is 0.0798. The zero-order chi connectivity index (χ0) is 23.0. The number of carbonyl (C=O) groups excluding carboxylic acids is 2. The zero-order valence-electron chi connectivity index (χ0n) is 18.6. The molecule has 4 heteroatoms. The van der Waals surface area contributed by atoms with Crippen LogP contribution in [0.25, 0.3) is 5.57 Å². The van der Waals surface area contributed by atoms with Gasteiger partial charge in [0.2, 0.25) is 5.91 Å². The van der Waals surface area contributed by atoms with Gasteiger partial charge in [-0.3, -0.25) is 9.59 Å². The first-order valence-electron chi connectivity index (χ1n) is 11.3. The average molecular weight is 438 g/mol. The molecule has 0 saturated carbocycles. The van der Waals surface area contributed by atoms with Gasteiger partial charge in [-0.15, -0.1) is 0 Å². The van der Waals surface area contributed by atoms with E-state index >= 15 is 4.39 Å². The molecule has 0 bridgehead atoms. The summed E-state index contributed by atoms with van der Waals surface area (Å²) >= 11 is 0. The van der Waals surface area contributed by atoms with Crippen LogP contribution in [0.15, 0.2) is 78.9 Å². The van der Waals surface area contributed by atoms with E-state index in [1.54, 1.807) is 18.0 Å². The molecule has 0 radical (unpaired) electrons. The van der Waals surface area contributed by atoms with Crippen molar-refractivity contribution in [2.45, 2.75) is 24.7 Å². The van der Waals surface area contributed by atoms with Crippen molar-refractivity contribution in [3.05, 3.63) is 107 Å². The summed E-state index contributed by atoms with van der Waals surface area (Å²) in [4.78, 5) is 29.5. The number of nitrogens with zero attached hydrogens (tertiary/aromatic N) is 1. The van der Waals surface area contributed by atoms with Gasteiger partial charge in [0, 0.05) is 24.2 Å². The quantitative estimate of drug-likeness (QED) is 0.521. The molecule has 0 fully saturated rings. The number of Topliss-reactive ketones (excluding diaryl/α,β-unsaturated/α-hetero) is 1. The van der Waals surface area contributed by atoms with Crippen LogP contribution >= 0.6 is 0 Å². The molecule has 1 heterocycles. The van der Waals surface area contributed by atoms with Crippen molar-refractivity contribution in [3.63, 3.8) is 0 Å². The third-order valence-corrected chi connectivity index (χ3v) is 7.93. The Morgan fingerprint density at radius 1 is 0.970 bits per heavy atom. The number of carbonyl (C=O) groups is 2. The van der Waals surface area contributed by atoms with Crippen molar-refractivity contribution in [2.24, 2.45) is 5.41 Å². The number of anilines is 1. The van der Waals surface area contributed by atoms with E-state index in [1.807, 2.05) is 79.7 Å². The Morgan fingerprint density at radius 3 is 2.39 bits per heavy atom. The van der Waals surface area contributed by atoms with Gasteiger partial charge >= 0.3 is 0 Å². The zero-order valence-corrected chi connectivity index (χ0v) is 18.6. The number of rotatable bonds is 2. The lowest BCUT2D eigenvalue weighted by Crippen LogP contribution is -2.51. The molecule has 3 nitrogen and oxygen atoms in total. The Bertz CT molecular complexity index is 1360. The number of benzene rings is 3. The van der Waals surface area contributed by atoms with Gasteiger partial charge in [0.05, 0.1) is 10.8 Å². The molecule has 3 aromatic rings. The Balaban J connectivity index is 1.70. The van der Waals surface area contributed by atoms with E-state index in [0.717, 1.165) is 33.5 Å². The molecule has 1 aliphatic heterocycles. The average Bonchev–Trinajstić information content (AvgIpc) is 3.21. The third-order valence-electron chi connectivity index (χ3n) is 7.93. The highest BCUT2D eigenvalue weighted by Crippen LogP contribution is 2.64. The Kier molecular flexibility index (Phi) is 4.10. The number of fused-ring (bicyclic) bond motifs is 5. The highest BCUT2D eigenvalue weighted by molar-refractivity contribution is 6.19. The molecule has 164 valence electrons. The predicted octanol–water partition coefficient (Wildman–Crippen LogP) is 5.63. The third kappa shape index (κ3) is 2.38. The van der Waals surface area contributed by atoms with E-state index in [9.17, 15) is 9.59 Å². The van der Waals surface area contributed by atoms with Crippen LogP contribution < -0.4 is 4.90 Å². The minimum atomic E-state index is -1.35. The predicted molar refractivity (Wildman–Crippen MR) is 127 cm³/mol. The maximum Gasteiger partial charge on any atom is 0.238 e. The molecule has 1 spiro atoms. The normalized spacial score (nSPS) is 27.4. The first-order chi connectivity index (χ1) is 15.9. The van der Waals surface area contributed by atoms with Gasteiger partial charge in [0.1, 0.15) is 6.67 Å². The summed E-state index contributed by atoms with van der Waals surface area (Å²) in [6, 6.07) is 23.3. The molecule has 3 atom stereocenters. The Morgan fingerprint density at radius 2 is 1.67 bits per heavy atom. The molecule has 33 heavy (non-hydrogen) atoms.